The average molecular weight is 1680 g/mol. The van der Waals surface area contributed by atoms with Crippen LogP contribution in [-0.2, 0) is 28.1 Å². The van der Waals surface area contributed by atoms with Crippen LogP contribution in [0, 0.1) is 0 Å². The van der Waals surface area contributed by atoms with E-state index in [0.29, 0.717) is 5.56 Å². The van der Waals surface area contributed by atoms with E-state index in [4.69, 9.17) is 133 Å². The van der Waals surface area contributed by atoms with E-state index in [-0.39, 0.29) is 149 Å². The van der Waals surface area contributed by atoms with Crippen molar-refractivity contribution >= 4 is 127 Å². The van der Waals surface area contributed by atoms with E-state index in [0.717, 1.165) is 62.1 Å². The minimum Gasteiger partial charge on any atom is -0.506 e. The molecule has 0 spiro atoms. The summed E-state index contributed by atoms with van der Waals surface area (Å²) in [6.45, 7) is -2.57. The molecule has 0 bridgehead atoms. The summed E-state index contributed by atoms with van der Waals surface area (Å²) in [5.74, 6) is -3.48. The first kappa shape index (κ1) is 79.1. The number of halogens is 27. The zero-order valence-electron chi connectivity index (χ0n) is 49.8. The lowest BCUT2D eigenvalue weighted by Gasteiger charge is -2.16. The lowest BCUT2D eigenvalue weighted by atomic mass is 10.2. The van der Waals surface area contributed by atoms with Crippen molar-refractivity contribution in [2.45, 2.75) is 49.3 Å². The number of benzene rings is 3. The molecule has 105 heavy (non-hydrogen) atoms. The van der Waals surface area contributed by atoms with Gasteiger partial charge >= 0.3 is 37.1 Å². The normalized spacial score (nSPS) is 13.8. The Labute approximate surface area is 613 Å². The van der Waals surface area contributed by atoms with Crippen molar-refractivity contribution in [3.8, 4) is 86.2 Å². The lowest BCUT2D eigenvalue weighted by molar-refractivity contribution is -0.210. The minimum absolute atomic E-state index is 0.00203. The van der Waals surface area contributed by atoms with Crippen LogP contribution in [0.25, 0.3) is 85.9 Å². The van der Waals surface area contributed by atoms with Gasteiger partial charge in [-0.1, -0.05) is 120 Å². The number of phenolic OH excluding ortho intramolecular Hbond substituents is 1. The number of carbonyl (C=O) groups is 1. The van der Waals surface area contributed by atoms with E-state index >= 15 is 0 Å². The van der Waals surface area contributed by atoms with Crippen LogP contribution < -0.4 is 9.47 Å². The Balaban J connectivity index is 0.000000162. The molecule has 2 unspecified atom stereocenters. The maximum Gasteiger partial charge on any atom is 0.453 e. The van der Waals surface area contributed by atoms with E-state index in [1.54, 1.807) is 0 Å². The average Bonchev–Trinajstić information content (AvgIpc) is 1.64. The summed E-state index contributed by atoms with van der Waals surface area (Å²) in [6.07, 6.45) is -26.0. The van der Waals surface area contributed by atoms with Crippen LogP contribution in [0.4, 0.5) is 79.0 Å². The van der Waals surface area contributed by atoms with Crippen LogP contribution in [0.15, 0.2) is 105 Å². The number of aliphatic hydroxyl groups is 1. The highest BCUT2D eigenvalue weighted by Crippen LogP contribution is 2.43. The molecule has 13 rings (SSSR count). The number of rotatable bonds is 12. The molecule has 21 nitrogen and oxygen atoms in total. The van der Waals surface area contributed by atoms with Gasteiger partial charge in [0, 0.05) is 72.1 Å². The van der Waals surface area contributed by atoms with Gasteiger partial charge in [0.05, 0.1) is 68.5 Å². The second kappa shape index (κ2) is 30.0. The third kappa shape index (κ3) is 18.7. The van der Waals surface area contributed by atoms with E-state index in [2.05, 4.69) is 50.1 Å². The number of aromatic hydroxyl groups is 1. The number of nitrogens with zero attached hydrogens (tertiary/aromatic N) is 12. The molecule has 2 N–H and O–H groups in total. The number of hydrogen-bond acceptors (Lipinski definition) is 18. The highest BCUT2D eigenvalue weighted by atomic mass is 35.5. The number of phenols is 1. The molecular weight excluding hydrogens is 1660 g/mol. The summed E-state index contributed by atoms with van der Waals surface area (Å²) in [5, 5.41) is 28.7. The molecule has 10 heterocycles. The fourth-order valence-corrected chi connectivity index (χ4v) is 10.4. The number of alkyl halides is 18. The molecule has 1 aliphatic heterocycles. The number of imidazole rings is 3. The van der Waals surface area contributed by atoms with E-state index < -0.39 is 85.0 Å². The van der Waals surface area contributed by atoms with Crippen LogP contribution in [0.1, 0.15) is 16.7 Å². The van der Waals surface area contributed by atoms with Gasteiger partial charge in [-0.15, -0.1) is 0 Å². The number of aliphatic hydroxyl groups excluding tert-OH is 1. The maximum atomic E-state index is 13.0. The standard InChI is InChI=1S/C19H9Cl3F6N4O3.C19H7Cl3F6N4O3.C16H6Cl3F3N4O2.C3H3F3O/c2*20-9-3-13(34-6-14(33)19(26,27)28)10(21)2-8(9)15-30-17(35-31-15)12-5-32-4-7(18(23,24)25)1-11(22)16(32)29-12;17-8-3-12(27)9(18)2-7(8)13-24-15(28-25-13)11-5-26-4-6(16(20,21)22)1-10(19)14(26)23-11;4-3(5,6)2-1-7-2/h1-5,14,33H,6H2;1-5H,6H2;1-5,27H;2H,1H2. The topological polar surface area (TPSA) is 257 Å². The zero-order valence-corrected chi connectivity index (χ0v) is 56.6. The summed E-state index contributed by atoms with van der Waals surface area (Å²) < 4.78 is 257. The van der Waals surface area contributed by atoms with Gasteiger partial charge in [0.2, 0.25) is 17.5 Å². The van der Waals surface area contributed by atoms with Crippen LogP contribution in [-0.4, -0.2) is 125 Å². The number of hydrogen-bond donors (Lipinski definition) is 2. The van der Waals surface area contributed by atoms with Crippen LogP contribution >= 0.6 is 104 Å². The monoisotopic (exact) mass is 1680 g/mol. The molecule has 0 aliphatic carbocycles. The summed E-state index contributed by atoms with van der Waals surface area (Å²) >= 11 is 54.0. The van der Waals surface area contributed by atoms with Crippen LogP contribution in [0.5, 0.6) is 17.2 Å². The molecule has 12 aromatic rings. The molecule has 48 heteroatoms. The smallest absolute Gasteiger partial charge is 0.453 e. The van der Waals surface area contributed by atoms with Crippen molar-refractivity contribution in [1.82, 2.24) is 58.6 Å². The number of aromatic nitrogens is 12. The number of epoxide rings is 1. The third-order valence-corrected chi connectivity index (χ3v) is 16.1. The molecule has 2 atom stereocenters. The van der Waals surface area contributed by atoms with Crippen LogP contribution in [0.2, 0.25) is 45.2 Å². The van der Waals surface area contributed by atoms with E-state index in [9.17, 15) is 88.9 Å². The van der Waals surface area contributed by atoms with E-state index in [1.165, 1.54) is 42.9 Å². The van der Waals surface area contributed by atoms with Gasteiger partial charge < -0.3 is 51.2 Å². The Morgan fingerprint density at radius 2 is 0.790 bits per heavy atom. The summed E-state index contributed by atoms with van der Waals surface area (Å²) in [6, 6.07) is 9.33. The Bertz CT molecular complexity index is 5270. The zero-order chi connectivity index (χ0) is 77.1. The van der Waals surface area contributed by atoms with Gasteiger partial charge in [0.15, 0.2) is 35.8 Å². The Morgan fingerprint density at radius 1 is 0.457 bits per heavy atom. The molecule has 1 saturated heterocycles. The molecule has 0 amide bonds. The third-order valence-electron chi connectivity index (χ3n) is 13.4. The molecular formula is C57H25Cl9F18N12O9. The highest BCUT2D eigenvalue weighted by molar-refractivity contribution is 6.38. The minimum atomic E-state index is -5.08. The number of ketones is 1. The summed E-state index contributed by atoms with van der Waals surface area (Å²) in [5.41, 5.74) is -2.20. The van der Waals surface area contributed by atoms with Gasteiger partial charge in [0.1, 0.15) is 40.9 Å². The van der Waals surface area contributed by atoms with Crippen molar-refractivity contribution in [3.05, 3.63) is 154 Å². The van der Waals surface area contributed by atoms with Crippen molar-refractivity contribution in [2.24, 2.45) is 0 Å². The number of pyridine rings is 3. The molecule has 0 radical (unpaired) electrons. The Kier molecular flexibility index (Phi) is 22.6. The highest BCUT2D eigenvalue weighted by Gasteiger charge is 2.49. The van der Waals surface area contributed by atoms with Crippen molar-refractivity contribution in [1.29, 1.82) is 0 Å². The Hall–Kier alpha value is -8.51. The first-order valence-corrected chi connectivity index (χ1v) is 30.9. The fraction of sp³-hybridized carbons (Fsp3) is 0.193. The molecule has 1 aliphatic rings. The fourth-order valence-electron chi connectivity index (χ4n) is 8.31. The quantitative estimate of drug-likeness (QED) is 0.0851. The van der Waals surface area contributed by atoms with Crippen LogP contribution in [0.3, 0.4) is 0 Å². The molecule has 0 saturated carbocycles. The van der Waals surface area contributed by atoms with Crippen molar-refractivity contribution < 1.29 is 122 Å². The SMILES string of the molecule is FC(F)(F)C1CO1.O=C(COc1cc(Cl)c(-c2noc(-c3cn4cc(C(F)(F)F)cc(Cl)c4n3)n2)cc1Cl)C(F)(F)F.OC(COc1cc(Cl)c(-c2noc(-c3cn4cc(C(F)(F)F)cc(Cl)c4n3)n2)cc1Cl)C(F)(F)F.Oc1cc(Cl)c(-c2noc(-c3cn4cc(C(F)(F)F)cc(Cl)c4n3)n2)cc1Cl. The Morgan fingerprint density at radius 3 is 1.10 bits per heavy atom. The largest absolute Gasteiger partial charge is 0.506 e. The predicted molar refractivity (Wildman–Crippen MR) is 333 cm³/mol. The number of Topliss-reactive ketones (excluding diaryl/α,β-unsaturated/α-hetero) is 1. The number of carbonyl (C=O) groups excluding carboxylic acids is 1. The molecule has 1 fully saturated rings. The second-order valence-corrected chi connectivity index (χ2v) is 24.5. The number of fused-ring (bicyclic) bond motifs is 3. The summed E-state index contributed by atoms with van der Waals surface area (Å²) in [4.78, 5) is 35.6. The first-order valence-electron chi connectivity index (χ1n) is 27.5. The van der Waals surface area contributed by atoms with Gasteiger partial charge in [-0.25, -0.2) is 15.0 Å². The second-order valence-electron chi connectivity index (χ2n) is 20.8. The maximum absolute atomic E-state index is 13.0. The number of ether oxygens (including phenoxy) is 3. The van der Waals surface area contributed by atoms with Gasteiger partial charge in [-0.2, -0.15) is 94.0 Å². The molecule has 3 aromatic carbocycles. The van der Waals surface area contributed by atoms with Crippen molar-refractivity contribution in [3.63, 3.8) is 0 Å². The first-order chi connectivity index (χ1) is 48.7. The lowest BCUT2D eigenvalue weighted by Crippen LogP contribution is -2.34. The summed E-state index contributed by atoms with van der Waals surface area (Å²) in [7, 11) is 0. The molecule has 9 aromatic heterocycles. The van der Waals surface area contributed by atoms with Gasteiger partial charge in [-0.05, 0) is 36.4 Å². The van der Waals surface area contributed by atoms with Crippen molar-refractivity contribution in [2.75, 3.05) is 19.8 Å². The van der Waals surface area contributed by atoms with E-state index in [1.807, 2.05) is 0 Å². The van der Waals surface area contributed by atoms with Gasteiger partial charge in [-0.3, -0.25) is 4.79 Å². The van der Waals surface area contributed by atoms with Gasteiger partial charge in [0.25, 0.3) is 23.5 Å². The molecule has 556 valence electrons. The predicted octanol–water partition coefficient (Wildman–Crippen LogP) is 19.6.